The number of allylic oxidation sites excluding steroid dienone is 1. The first-order valence-electron chi connectivity index (χ1n) is 4.14. The first kappa shape index (κ1) is 9.52. The molecule has 2 heteroatoms. The van der Waals surface area contributed by atoms with Crippen molar-refractivity contribution in [2.45, 2.75) is 13.8 Å². The largest absolute Gasteiger partial charge is 0.357 e. The summed E-state index contributed by atoms with van der Waals surface area (Å²) in [6.07, 6.45) is 1.86. The lowest BCUT2D eigenvalue weighted by atomic mass is 10.1. The quantitative estimate of drug-likeness (QED) is 0.393. The minimum atomic E-state index is 0.735. The van der Waals surface area contributed by atoms with Gasteiger partial charge in [-0.15, -0.1) is 0 Å². The molecule has 0 N–H and O–H groups in total. The molecule has 1 rings (SSSR count). The Bertz CT molecular complexity index is 329. The monoisotopic (exact) mass is 175 g/mol. The van der Waals surface area contributed by atoms with Crippen molar-refractivity contribution in [3.63, 3.8) is 0 Å². The third kappa shape index (κ3) is 2.44. The van der Waals surface area contributed by atoms with Crippen molar-refractivity contribution in [1.82, 2.24) is 0 Å². The summed E-state index contributed by atoms with van der Waals surface area (Å²) in [6, 6.07) is 8.05. The van der Waals surface area contributed by atoms with Crippen LogP contribution in [0.25, 0.3) is 5.76 Å². The minimum absolute atomic E-state index is 0.735. The van der Waals surface area contributed by atoms with Crippen molar-refractivity contribution in [3.8, 4) is 0 Å². The van der Waals surface area contributed by atoms with E-state index in [2.05, 4.69) is 11.9 Å². The normalized spacial score (nSPS) is 11.1. The number of rotatable bonds is 3. The number of nitrogens with zero attached hydrogens (tertiary/aromatic N) is 1. The van der Waals surface area contributed by atoms with E-state index in [-0.39, 0.29) is 0 Å². The zero-order chi connectivity index (χ0) is 9.68. The molecular weight excluding hydrogens is 162 g/mol. The molecule has 68 valence electrons. The summed E-state index contributed by atoms with van der Waals surface area (Å²) in [5.41, 5.74) is 2.22. The summed E-state index contributed by atoms with van der Waals surface area (Å²) in [5, 5.41) is 3.39. The van der Waals surface area contributed by atoms with E-state index in [1.54, 1.807) is 0 Å². The second-order valence-corrected chi connectivity index (χ2v) is 2.74. The molecule has 0 aliphatic carbocycles. The average Bonchev–Trinajstić information content (AvgIpc) is 2.14. The Hall–Kier alpha value is -1.57. The van der Waals surface area contributed by atoms with Gasteiger partial charge in [0.2, 0.25) is 0 Å². The fourth-order valence-corrected chi connectivity index (χ4v) is 1.14. The van der Waals surface area contributed by atoms with E-state index >= 15 is 0 Å². The van der Waals surface area contributed by atoms with Gasteiger partial charge < -0.3 is 4.84 Å². The van der Waals surface area contributed by atoms with Crippen LogP contribution in [0, 0.1) is 6.92 Å². The van der Waals surface area contributed by atoms with Gasteiger partial charge in [-0.3, -0.25) is 0 Å². The van der Waals surface area contributed by atoms with Crippen molar-refractivity contribution >= 4 is 12.5 Å². The van der Waals surface area contributed by atoms with Crippen molar-refractivity contribution in [3.05, 3.63) is 41.5 Å². The SMILES string of the molecule is C=NO/C(=C\C)c1cccc(C)c1. The van der Waals surface area contributed by atoms with Crippen LogP contribution in [0.3, 0.4) is 0 Å². The van der Waals surface area contributed by atoms with Gasteiger partial charge in [0.25, 0.3) is 0 Å². The summed E-state index contributed by atoms with van der Waals surface area (Å²) >= 11 is 0. The zero-order valence-electron chi connectivity index (χ0n) is 7.95. The Morgan fingerprint density at radius 3 is 2.85 bits per heavy atom. The van der Waals surface area contributed by atoms with Crippen LogP contribution in [-0.4, -0.2) is 6.72 Å². The van der Waals surface area contributed by atoms with Gasteiger partial charge >= 0.3 is 0 Å². The van der Waals surface area contributed by atoms with Crippen LogP contribution < -0.4 is 0 Å². The molecule has 2 nitrogen and oxygen atoms in total. The maximum absolute atomic E-state index is 5.01. The smallest absolute Gasteiger partial charge is 0.160 e. The molecule has 0 saturated heterocycles. The molecular formula is C11H13NO. The third-order valence-corrected chi connectivity index (χ3v) is 1.73. The van der Waals surface area contributed by atoms with Gasteiger partial charge in [0.15, 0.2) is 5.76 Å². The topological polar surface area (TPSA) is 21.6 Å². The molecule has 0 radical (unpaired) electrons. The summed E-state index contributed by atoms with van der Waals surface area (Å²) < 4.78 is 0. The Labute approximate surface area is 78.5 Å². The molecule has 1 aromatic carbocycles. The van der Waals surface area contributed by atoms with Crippen molar-refractivity contribution in [2.24, 2.45) is 5.16 Å². The summed E-state index contributed by atoms with van der Waals surface area (Å²) in [4.78, 5) is 5.01. The molecule has 13 heavy (non-hydrogen) atoms. The van der Waals surface area contributed by atoms with Crippen molar-refractivity contribution in [1.29, 1.82) is 0 Å². The van der Waals surface area contributed by atoms with Gasteiger partial charge in [-0.2, -0.15) is 0 Å². The summed E-state index contributed by atoms with van der Waals surface area (Å²) in [7, 11) is 0. The summed E-state index contributed by atoms with van der Waals surface area (Å²) in [6.45, 7) is 7.23. The Kier molecular flexibility index (Phi) is 3.26. The second kappa shape index (κ2) is 4.45. The molecule has 0 fully saturated rings. The lowest BCUT2D eigenvalue weighted by molar-refractivity contribution is 0.301. The molecule has 0 aliphatic rings. The van der Waals surface area contributed by atoms with E-state index < -0.39 is 0 Å². The number of aryl methyl sites for hydroxylation is 1. The molecule has 0 amide bonds. The predicted molar refractivity (Wildman–Crippen MR) is 55.5 cm³/mol. The maximum Gasteiger partial charge on any atom is 0.160 e. The number of benzene rings is 1. The lowest BCUT2D eigenvalue weighted by Gasteiger charge is -2.04. The lowest BCUT2D eigenvalue weighted by Crippen LogP contribution is -1.86. The van der Waals surface area contributed by atoms with E-state index in [1.807, 2.05) is 44.2 Å². The van der Waals surface area contributed by atoms with Gasteiger partial charge in [-0.1, -0.05) is 28.9 Å². The van der Waals surface area contributed by atoms with Crippen LogP contribution >= 0.6 is 0 Å². The molecule has 0 unspecified atom stereocenters. The van der Waals surface area contributed by atoms with Gasteiger partial charge in [0, 0.05) is 12.3 Å². The second-order valence-electron chi connectivity index (χ2n) is 2.74. The zero-order valence-corrected chi connectivity index (χ0v) is 7.95. The van der Waals surface area contributed by atoms with Crippen LogP contribution in [0.15, 0.2) is 35.5 Å². The molecule has 1 aromatic rings. The van der Waals surface area contributed by atoms with Crippen LogP contribution in [-0.2, 0) is 4.84 Å². The number of hydrogen-bond acceptors (Lipinski definition) is 2. The average molecular weight is 175 g/mol. The molecule has 0 atom stereocenters. The highest BCUT2D eigenvalue weighted by molar-refractivity contribution is 5.60. The number of hydrogen-bond donors (Lipinski definition) is 0. The maximum atomic E-state index is 5.01. The highest BCUT2D eigenvalue weighted by Gasteiger charge is 2.00. The van der Waals surface area contributed by atoms with E-state index in [0.29, 0.717) is 0 Å². The molecule has 0 spiro atoms. The minimum Gasteiger partial charge on any atom is -0.357 e. The first-order chi connectivity index (χ1) is 6.27. The first-order valence-corrected chi connectivity index (χ1v) is 4.14. The van der Waals surface area contributed by atoms with Gasteiger partial charge in [-0.25, -0.2) is 0 Å². The van der Waals surface area contributed by atoms with Crippen LogP contribution in [0.5, 0.6) is 0 Å². The Balaban J connectivity index is 2.98. The Morgan fingerprint density at radius 1 is 1.54 bits per heavy atom. The van der Waals surface area contributed by atoms with Gasteiger partial charge in [0.1, 0.15) is 0 Å². The number of oxime groups is 1. The molecule has 0 saturated carbocycles. The van der Waals surface area contributed by atoms with Crippen molar-refractivity contribution in [2.75, 3.05) is 0 Å². The Morgan fingerprint density at radius 2 is 2.31 bits per heavy atom. The van der Waals surface area contributed by atoms with E-state index in [1.165, 1.54) is 5.56 Å². The predicted octanol–water partition coefficient (Wildman–Crippen LogP) is 2.99. The van der Waals surface area contributed by atoms with Crippen LogP contribution in [0.2, 0.25) is 0 Å². The van der Waals surface area contributed by atoms with Gasteiger partial charge in [-0.05, 0) is 26.0 Å². The standard InChI is InChI=1S/C11H13NO/c1-4-11(13-12-3)10-7-5-6-9(2)8-10/h4-8H,3H2,1-2H3/b11-4-. The molecule has 0 aromatic heterocycles. The molecule has 0 aliphatic heterocycles. The van der Waals surface area contributed by atoms with Gasteiger partial charge in [0.05, 0.1) is 0 Å². The highest BCUT2D eigenvalue weighted by Crippen LogP contribution is 2.16. The summed E-state index contributed by atoms with van der Waals surface area (Å²) in [5.74, 6) is 0.735. The highest BCUT2D eigenvalue weighted by atomic mass is 16.6. The third-order valence-electron chi connectivity index (χ3n) is 1.73. The fraction of sp³-hybridized carbons (Fsp3) is 0.182. The molecule has 0 bridgehead atoms. The molecule has 0 heterocycles. The van der Waals surface area contributed by atoms with Crippen molar-refractivity contribution < 1.29 is 4.84 Å². The van der Waals surface area contributed by atoms with Crippen LogP contribution in [0.4, 0.5) is 0 Å². The van der Waals surface area contributed by atoms with E-state index in [4.69, 9.17) is 4.84 Å². The van der Waals surface area contributed by atoms with E-state index in [9.17, 15) is 0 Å². The van der Waals surface area contributed by atoms with E-state index in [0.717, 1.165) is 11.3 Å². The fourth-order valence-electron chi connectivity index (χ4n) is 1.14. The van der Waals surface area contributed by atoms with Crippen LogP contribution in [0.1, 0.15) is 18.1 Å².